The van der Waals surface area contributed by atoms with Crippen molar-refractivity contribution in [2.75, 3.05) is 0 Å². The zero-order valence-corrected chi connectivity index (χ0v) is 28.9. The van der Waals surface area contributed by atoms with Gasteiger partial charge < -0.3 is 0 Å². The van der Waals surface area contributed by atoms with Crippen LogP contribution in [-0.4, -0.2) is 0 Å². The highest BCUT2D eigenvalue weighted by Gasteiger charge is 2.45. The maximum atomic E-state index is 15.7. The monoisotopic (exact) mass is 766 g/mol. The molecule has 0 unspecified atom stereocenters. The second kappa shape index (κ2) is 14.3. The van der Waals surface area contributed by atoms with Crippen molar-refractivity contribution in [2.45, 2.75) is 0 Å². The van der Waals surface area contributed by atoms with Crippen molar-refractivity contribution in [1.82, 2.24) is 0 Å². The minimum atomic E-state index is -1.64. The van der Waals surface area contributed by atoms with Crippen LogP contribution in [0.15, 0.2) is 69.8 Å². The lowest BCUT2D eigenvalue weighted by molar-refractivity contribution is 0.513. The van der Waals surface area contributed by atoms with E-state index in [1.165, 1.54) is 36.4 Å². The molecule has 0 saturated heterocycles. The molecule has 0 N–H and O–H groups in total. The Morgan fingerprint density at radius 1 is 0.411 bits per heavy atom. The van der Waals surface area contributed by atoms with Crippen LogP contribution in [0.2, 0.25) is 0 Å². The molecule has 6 rings (SSSR count). The van der Waals surface area contributed by atoms with E-state index in [0.29, 0.717) is 0 Å². The van der Waals surface area contributed by atoms with Gasteiger partial charge in [-0.2, -0.15) is 52.6 Å². The summed E-state index contributed by atoms with van der Waals surface area (Å²) in [5.74, 6) is -6.49. The molecule has 2 aliphatic rings. The average molecular weight is 767 g/mol. The van der Waals surface area contributed by atoms with E-state index in [0.717, 1.165) is 12.1 Å². The fourth-order valence-electron chi connectivity index (χ4n) is 6.27. The van der Waals surface area contributed by atoms with Gasteiger partial charge in [0.2, 0.25) is 0 Å². The summed E-state index contributed by atoms with van der Waals surface area (Å²) in [7, 11) is 0. The molecule has 2 aromatic heterocycles. The van der Waals surface area contributed by atoms with Gasteiger partial charge in [0.15, 0.2) is 23.3 Å². The fraction of sp³-hybridized carbons (Fsp3) is 0. The van der Waals surface area contributed by atoms with E-state index < -0.39 is 76.2 Å². The maximum Gasteiger partial charge on any atom is 0.188 e. The highest BCUT2D eigenvalue weighted by molar-refractivity contribution is 7.14. The quantitative estimate of drug-likeness (QED) is 0.143. The second-order valence-corrected chi connectivity index (χ2v) is 13.2. The Bertz CT molecular complexity index is 2980. The molecule has 256 valence electrons. The van der Waals surface area contributed by atoms with Crippen LogP contribution in [0.3, 0.4) is 0 Å². The Labute approximate surface area is 320 Å². The van der Waals surface area contributed by atoms with Crippen molar-refractivity contribution in [3.05, 3.63) is 146 Å². The predicted molar refractivity (Wildman–Crippen MR) is 187 cm³/mol. The zero-order valence-electron chi connectivity index (χ0n) is 27.3. The largest absolute Gasteiger partial charge is 0.202 e. The highest BCUT2D eigenvalue weighted by atomic mass is 32.1. The van der Waals surface area contributed by atoms with Crippen molar-refractivity contribution in [3.63, 3.8) is 0 Å². The Balaban J connectivity index is 1.92. The third-order valence-corrected chi connectivity index (χ3v) is 10.7. The average Bonchev–Trinajstić information content (AvgIpc) is 3.92. The van der Waals surface area contributed by atoms with E-state index in [9.17, 15) is 61.4 Å². The number of thiophene rings is 2. The molecule has 0 aliphatic heterocycles. The first-order valence-corrected chi connectivity index (χ1v) is 16.7. The van der Waals surface area contributed by atoms with E-state index in [4.69, 9.17) is 0 Å². The molecule has 2 aromatic carbocycles. The van der Waals surface area contributed by atoms with Crippen molar-refractivity contribution in [3.8, 4) is 60.7 Å². The number of halogens is 4. The number of nitriles is 10. The normalized spacial score (nSPS) is 14.5. The number of hydrogen-bond donors (Lipinski definition) is 0. The Hall–Kier alpha value is -8.84. The van der Waals surface area contributed by atoms with Gasteiger partial charge in [0, 0.05) is 33.4 Å². The molecule has 16 heteroatoms. The molecule has 2 heterocycles. The number of benzene rings is 2. The standard InChI is InChI=1S/C40H6F4N10S2/c41-35-27(15-53)55-39(37(35)43)25(13-51)33-29(17-1-3-19(7-45)21(5-17)9-47)23(11-49)31-32(33)24(12-50)30(18-2-4-20(8-46)22(6-18)10-48)34(31)26(14-52)40-38(44)36(42)28(16-54)56-40/h1-6H/b33-25-,34-26-. The lowest BCUT2D eigenvalue weighted by Crippen LogP contribution is -2.02. The molecular formula is C40H6F4N10S2. The van der Waals surface area contributed by atoms with Crippen LogP contribution in [0, 0.1) is 137 Å². The molecule has 0 bridgehead atoms. The number of allylic oxidation sites excluding steroid dienone is 10. The molecule has 0 atom stereocenters. The molecular weight excluding hydrogens is 761 g/mol. The second-order valence-electron chi connectivity index (χ2n) is 11.2. The molecule has 0 saturated carbocycles. The van der Waals surface area contributed by atoms with Crippen molar-refractivity contribution in [2.24, 2.45) is 0 Å². The fourth-order valence-corrected chi connectivity index (χ4v) is 7.98. The number of hydrogen-bond acceptors (Lipinski definition) is 12. The van der Waals surface area contributed by atoms with Gasteiger partial charge in [0.1, 0.15) is 70.4 Å². The molecule has 0 amide bonds. The van der Waals surface area contributed by atoms with Crippen LogP contribution in [0.1, 0.15) is 52.9 Å². The molecule has 0 radical (unpaired) electrons. The van der Waals surface area contributed by atoms with Crippen LogP contribution >= 0.6 is 22.7 Å². The van der Waals surface area contributed by atoms with Gasteiger partial charge >= 0.3 is 0 Å². The van der Waals surface area contributed by atoms with E-state index in [-0.39, 0.29) is 78.3 Å². The molecule has 2 aliphatic carbocycles. The first-order valence-electron chi connectivity index (χ1n) is 15.0. The van der Waals surface area contributed by atoms with Crippen molar-refractivity contribution in [1.29, 1.82) is 52.6 Å². The van der Waals surface area contributed by atoms with Gasteiger partial charge in [-0.05, 0) is 35.4 Å². The number of rotatable bonds is 4. The summed E-state index contributed by atoms with van der Waals surface area (Å²) in [6.45, 7) is 0. The van der Waals surface area contributed by atoms with Crippen LogP contribution in [0.4, 0.5) is 17.6 Å². The van der Waals surface area contributed by atoms with E-state index in [1.807, 2.05) is 36.4 Å². The van der Waals surface area contributed by atoms with Gasteiger partial charge in [-0.25, -0.2) is 17.6 Å². The molecule has 0 fully saturated rings. The summed E-state index contributed by atoms with van der Waals surface area (Å²) in [6, 6.07) is 24.9. The summed E-state index contributed by atoms with van der Waals surface area (Å²) in [4.78, 5) is -3.04. The van der Waals surface area contributed by atoms with Crippen LogP contribution < -0.4 is 0 Å². The molecule has 0 spiro atoms. The minimum Gasteiger partial charge on any atom is -0.202 e. The van der Waals surface area contributed by atoms with Crippen molar-refractivity contribution >= 4 is 45.0 Å². The highest BCUT2D eigenvalue weighted by Crippen LogP contribution is 2.60. The zero-order chi connectivity index (χ0) is 40.6. The Morgan fingerprint density at radius 3 is 1.04 bits per heavy atom. The molecule has 10 nitrogen and oxygen atoms in total. The summed E-state index contributed by atoms with van der Waals surface area (Å²) in [5.41, 5.74) is -5.47. The van der Waals surface area contributed by atoms with Gasteiger partial charge in [-0.1, -0.05) is 12.1 Å². The first kappa shape index (κ1) is 36.9. The van der Waals surface area contributed by atoms with Gasteiger partial charge in [0.05, 0.1) is 54.3 Å². The van der Waals surface area contributed by atoms with Crippen LogP contribution in [0.5, 0.6) is 0 Å². The van der Waals surface area contributed by atoms with Gasteiger partial charge in [-0.15, -0.1) is 22.7 Å². The summed E-state index contributed by atoms with van der Waals surface area (Å²) in [6.07, 6.45) is 0. The summed E-state index contributed by atoms with van der Waals surface area (Å²) < 4.78 is 61.3. The lowest BCUT2D eigenvalue weighted by Gasteiger charge is -2.17. The lowest BCUT2D eigenvalue weighted by atomic mass is 9.83. The third kappa shape index (κ3) is 5.28. The van der Waals surface area contributed by atoms with Gasteiger partial charge in [0.25, 0.3) is 0 Å². The Kier molecular flexibility index (Phi) is 9.43. The Morgan fingerprint density at radius 2 is 0.768 bits per heavy atom. The van der Waals surface area contributed by atoms with Crippen LogP contribution in [-0.2, 0) is 0 Å². The SMILES string of the molecule is N#CC1=C(c2ccc(C#N)c(C#N)c2)/C(=C(\C#N)c2sc(C#N)c(F)c2F)C2=C1/C(=C(/C#N)c1sc(C#N)c(F)c1F)C(c1ccc(C#N)c(C#N)c1)=C2C#N. The van der Waals surface area contributed by atoms with Gasteiger partial charge in [-0.3, -0.25) is 0 Å². The topological polar surface area (TPSA) is 238 Å². The van der Waals surface area contributed by atoms with E-state index in [1.54, 1.807) is 12.1 Å². The van der Waals surface area contributed by atoms with Crippen LogP contribution in [0.25, 0.3) is 22.3 Å². The molecule has 4 aromatic rings. The number of nitrogens with zero attached hydrogens (tertiary/aromatic N) is 10. The van der Waals surface area contributed by atoms with E-state index >= 15 is 8.78 Å². The maximum absolute atomic E-state index is 15.7. The van der Waals surface area contributed by atoms with Crippen molar-refractivity contribution < 1.29 is 17.6 Å². The molecule has 56 heavy (non-hydrogen) atoms. The summed E-state index contributed by atoms with van der Waals surface area (Å²) in [5, 5.41) is 101. The van der Waals surface area contributed by atoms with E-state index in [2.05, 4.69) is 0 Å². The third-order valence-electron chi connectivity index (χ3n) is 8.54. The smallest absolute Gasteiger partial charge is 0.188 e. The first-order chi connectivity index (χ1) is 27.0. The predicted octanol–water partition coefficient (Wildman–Crippen LogP) is 8.13. The summed E-state index contributed by atoms with van der Waals surface area (Å²) >= 11 is 0.453. The minimum absolute atomic E-state index is 0.0749.